The molecule has 1 saturated heterocycles. The number of nitrogens with zero attached hydrogens (tertiary/aromatic N) is 4. The van der Waals surface area contributed by atoms with Gasteiger partial charge in [-0.2, -0.15) is 10.1 Å². The molecule has 0 atom stereocenters. The maximum Gasteiger partial charge on any atom is 0.301 e. The van der Waals surface area contributed by atoms with Crippen molar-refractivity contribution in [1.82, 2.24) is 30.0 Å². The minimum absolute atomic E-state index is 0.119. The van der Waals surface area contributed by atoms with Crippen LogP contribution >= 0.6 is 0 Å². The van der Waals surface area contributed by atoms with Crippen LogP contribution in [-0.4, -0.2) is 50.2 Å². The fourth-order valence-corrected chi connectivity index (χ4v) is 3.53. The topological polar surface area (TPSA) is 115 Å². The Labute approximate surface area is 173 Å². The molecule has 0 radical (unpaired) electrons. The van der Waals surface area contributed by atoms with Crippen molar-refractivity contribution in [3.63, 3.8) is 0 Å². The zero-order chi connectivity index (χ0) is 21.3. The molecule has 158 valence electrons. The van der Waals surface area contributed by atoms with Gasteiger partial charge in [0.05, 0.1) is 29.4 Å². The monoisotopic (exact) mass is 410 g/mol. The Kier molecular flexibility index (Phi) is 5.63. The molecular formula is C21H26N6O3. The van der Waals surface area contributed by atoms with Gasteiger partial charge < -0.3 is 15.0 Å². The summed E-state index contributed by atoms with van der Waals surface area (Å²) in [5, 5.41) is 7.82. The highest BCUT2D eigenvalue weighted by molar-refractivity contribution is 5.95. The van der Waals surface area contributed by atoms with E-state index < -0.39 is 5.56 Å². The number of ether oxygens (including phenoxy) is 1. The number of aromatic amines is 1. The molecule has 9 nitrogen and oxygen atoms in total. The van der Waals surface area contributed by atoms with Gasteiger partial charge in [0.1, 0.15) is 5.82 Å². The van der Waals surface area contributed by atoms with Crippen molar-refractivity contribution in [1.29, 1.82) is 0 Å². The fraction of sp³-hybridized carbons (Fsp3) is 0.476. The molecule has 0 aliphatic carbocycles. The Morgan fingerprint density at radius 3 is 2.73 bits per heavy atom. The van der Waals surface area contributed by atoms with Crippen LogP contribution in [-0.2, 0) is 6.42 Å². The summed E-state index contributed by atoms with van der Waals surface area (Å²) in [6.07, 6.45) is 4.00. The molecule has 30 heavy (non-hydrogen) atoms. The first-order valence-electron chi connectivity index (χ1n) is 10.4. The lowest BCUT2D eigenvalue weighted by Crippen LogP contribution is -2.44. The zero-order valence-corrected chi connectivity index (χ0v) is 17.5. The zero-order valence-electron chi connectivity index (χ0n) is 17.5. The molecule has 9 heteroatoms. The average Bonchev–Trinajstić information content (AvgIpc) is 3.04. The Bertz CT molecular complexity index is 1150. The third-order valence-corrected chi connectivity index (χ3v) is 5.22. The normalized spacial score (nSPS) is 14.1. The largest absolute Gasteiger partial charge is 0.477 e. The minimum Gasteiger partial charge on any atom is -0.477 e. The molecule has 0 spiro atoms. The molecule has 0 unspecified atom stereocenters. The van der Waals surface area contributed by atoms with E-state index in [9.17, 15) is 9.59 Å². The average molecular weight is 410 g/mol. The number of ketones is 1. The van der Waals surface area contributed by atoms with Gasteiger partial charge in [-0.15, -0.1) is 0 Å². The highest BCUT2D eigenvalue weighted by Gasteiger charge is 2.26. The number of carbonyl (C=O) groups is 1. The molecule has 0 aromatic carbocycles. The number of aromatic nitrogens is 5. The van der Waals surface area contributed by atoms with Gasteiger partial charge in [0.15, 0.2) is 11.3 Å². The highest BCUT2D eigenvalue weighted by Crippen LogP contribution is 2.29. The predicted octanol–water partition coefficient (Wildman–Crippen LogP) is 2.27. The summed E-state index contributed by atoms with van der Waals surface area (Å²) >= 11 is 0. The molecule has 1 fully saturated rings. The van der Waals surface area contributed by atoms with Crippen LogP contribution in [0.4, 0.5) is 0 Å². The number of nitrogens with one attached hydrogen (secondary N) is 2. The Balaban J connectivity index is 1.90. The van der Waals surface area contributed by atoms with Crippen molar-refractivity contribution in [3.05, 3.63) is 33.9 Å². The first-order valence-corrected chi connectivity index (χ1v) is 10.4. The Morgan fingerprint density at radius 1 is 1.30 bits per heavy atom. The maximum absolute atomic E-state index is 12.9. The second-order valence-corrected chi connectivity index (χ2v) is 7.55. The Hall–Kier alpha value is -3.07. The summed E-state index contributed by atoms with van der Waals surface area (Å²) in [7, 11) is 0. The van der Waals surface area contributed by atoms with Gasteiger partial charge in [-0.05, 0) is 25.8 Å². The van der Waals surface area contributed by atoms with Gasteiger partial charge in [-0.3, -0.25) is 14.3 Å². The number of hydrogen-bond donors (Lipinski definition) is 2. The van der Waals surface area contributed by atoms with Gasteiger partial charge in [0.2, 0.25) is 5.88 Å². The lowest BCUT2D eigenvalue weighted by Gasteiger charge is -2.28. The number of fused-ring (bicyclic) bond motifs is 1. The number of aryl methyl sites for hydroxylation is 1. The van der Waals surface area contributed by atoms with Gasteiger partial charge in [0.25, 0.3) is 0 Å². The van der Waals surface area contributed by atoms with Crippen molar-refractivity contribution in [2.75, 3.05) is 19.7 Å². The van der Waals surface area contributed by atoms with Gasteiger partial charge in [-0.25, -0.2) is 4.98 Å². The number of rotatable bonds is 8. The molecule has 3 aromatic heterocycles. The van der Waals surface area contributed by atoms with Crippen LogP contribution in [0.1, 0.15) is 55.7 Å². The van der Waals surface area contributed by atoms with Crippen molar-refractivity contribution in [2.24, 2.45) is 0 Å². The second-order valence-electron chi connectivity index (χ2n) is 7.55. The van der Waals surface area contributed by atoms with E-state index in [0.717, 1.165) is 38.0 Å². The van der Waals surface area contributed by atoms with Crippen LogP contribution in [0, 0.1) is 0 Å². The molecule has 1 aliphatic rings. The fourth-order valence-electron chi connectivity index (χ4n) is 3.53. The predicted molar refractivity (Wildman–Crippen MR) is 113 cm³/mol. The molecular weight excluding hydrogens is 384 g/mol. The summed E-state index contributed by atoms with van der Waals surface area (Å²) in [6.45, 7) is 7.70. The molecule has 0 bridgehead atoms. The summed E-state index contributed by atoms with van der Waals surface area (Å²) in [4.78, 5) is 36.6. The Morgan fingerprint density at radius 2 is 2.10 bits per heavy atom. The van der Waals surface area contributed by atoms with E-state index >= 15 is 0 Å². The summed E-state index contributed by atoms with van der Waals surface area (Å²) < 4.78 is 7.71. The van der Waals surface area contributed by atoms with Gasteiger partial charge in [-0.1, -0.05) is 20.3 Å². The number of carbonyl (C=O) groups excluding carboxylic acids is 1. The summed E-state index contributed by atoms with van der Waals surface area (Å²) in [5.41, 5.74) is 2.54. The van der Waals surface area contributed by atoms with Crippen LogP contribution in [0.15, 0.2) is 17.1 Å². The number of Topliss-reactive ketones (excluding diaryl/α,β-unsaturated/α-hetero) is 1. The van der Waals surface area contributed by atoms with E-state index in [-0.39, 0.29) is 11.8 Å². The highest BCUT2D eigenvalue weighted by atomic mass is 16.5. The van der Waals surface area contributed by atoms with Crippen LogP contribution in [0.5, 0.6) is 5.88 Å². The summed E-state index contributed by atoms with van der Waals surface area (Å²) in [6, 6.07) is 1.91. The van der Waals surface area contributed by atoms with E-state index in [2.05, 4.69) is 32.3 Å². The van der Waals surface area contributed by atoms with E-state index in [1.54, 1.807) is 6.07 Å². The van der Waals surface area contributed by atoms with E-state index in [1.807, 2.05) is 11.6 Å². The molecule has 2 N–H and O–H groups in total. The molecule has 1 aliphatic heterocycles. The van der Waals surface area contributed by atoms with Gasteiger partial charge >= 0.3 is 5.56 Å². The lowest BCUT2D eigenvalue weighted by atomic mass is 10.1. The van der Waals surface area contributed by atoms with Crippen LogP contribution in [0.25, 0.3) is 22.4 Å². The minimum atomic E-state index is -0.406. The van der Waals surface area contributed by atoms with Crippen molar-refractivity contribution >= 4 is 16.8 Å². The lowest BCUT2D eigenvalue weighted by molar-refractivity contribution is 0.101. The third-order valence-electron chi connectivity index (χ3n) is 5.22. The third kappa shape index (κ3) is 3.60. The van der Waals surface area contributed by atoms with Crippen molar-refractivity contribution in [2.45, 2.75) is 46.1 Å². The smallest absolute Gasteiger partial charge is 0.301 e. The van der Waals surface area contributed by atoms with Crippen molar-refractivity contribution < 1.29 is 9.53 Å². The SMILES string of the molecule is CCCOc1ncc(C(C)=O)cc1-c1nc(=O)c2nn(C3CNC3)c(CCC)c2[nH]1. The number of pyridine rings is 1. The molecule has 0 amide bonds. The van der Waals surface area contributed by atoms with Crippen LogP contribution in [0.2, 0.25) is 0 Å². The molecule has 3 aromatic rings. The van der Waals surface area contributed by atoms with E-state index in [4.69, 9.17) is 4.74 Å². The first-order chi connectivity index (χ1) is 14.5. The van der Waals surface area contributed by atoms with E-state index in [0.29, 0.717) is 40.5 Å². The van der Waals surface area contributed by atoms with E-state index in [1.165, 1.54) is 13.1 Å². The number of hydrogen-bond acceptors (Lipinski definition) is 7. The van der Waals surface area contributed by atoms with Crippen LogP contribution < -0.4 is 15.6 Å². The van der Waals surface area contributed by atoms with Crippen LogP contribution in [0.3, 0.4) is 0 Å². The second kappa shape index (κ2) is 8.35. The first kappa shape index (κ1) is 20.2. The molecule has 4 heterocycles. The molecule has 4 rings (SSSR count). The number of H-pyrrole nitrogens is 1. The molecule has 0 saturated carbocycles. The van der Waals surface area contributed by atoms with Gasteiger partial charge in [0, 0.05) is 24.8 Å². The maximum atomic E-state index is 12.9. The van der Waals surface area contributed by atoms with Crippen molar-refractivity contribution in [3.8, 4) is 17.3 Å². The quantitative estimate of drug-likeness (QED) is 0.547. The summed E-state index contributed by atoms with van der Waals surface area (Å²) in [5.74, 6) is 0.556. The standard InChI is InChI=1S/C21H26N6O3/c1-4-6-16-17-18(26-27(16)14-10-22-11-14)20(29)25-19(24-17)15-8-13(12(3)28)9-23-21(15)30-7-5-2/h8-9,14,22H,4-7,10-11H2,1-3H3,(H,24,25,29).